The smallest absolute Gasteiger partial charge is 0.407 e. The van der Waals surface area contributed by atoms with Gasteiger partial charge in [0.25, 0.3) is 0 Å². The second-order valence-electron chi connectivity index (χ2n) is 5.00. The lowest BCUT2D eigenvalue weighted by atomic mass is 10.2. The van der Waals surface area contributed by atoms with E-state index in [9.17, 15) is 9.59 Å². The van der Waals surface area contributed by atoms with Gasteiger partial charge in [0, 0.05) is 13.1 Å². The van der Waals surface area contributed by atoms with E-state index in [2.05, 4.69) is 17.6 Å². The maximum absolute atomic E-state index is 11.5. The monoisotopic (exact) mass is 305 g/mol. The highest BCUT2D eigenvalue weighted by atomic mass is 16.5. The molecule has 121 valence electrons. The zero-order valence-electron chi connectivity index (χ0n) is 13.1. The predicted octanol–water partition coefficient (Wildman–Crippen LogP) is 2.81. The van der Waals surface area contributed by atoms with Crippen LogP contribution in [0.3, 0.4) is 0 Å². The van der Waals surface area contributed by atoms with E-state index in [1.54, 1.807) is 0 Å². The number of amides is 2. The lowest BCUT2D eigenvalue weighted by Gasteiger charge is -2.07. The minimum absolute atomic E-state index is 0.161. The number of ether oxygens (including phenoxy) is 1. The van der Waals surface area contributed by atoms with Gasteiger partial charge in [-0.2, -0.15) is 0 Å². The molecule has 22 heavy (non-hydrogen) atoms. The summed E-state index contributed by atoms with van der Waals surface area (Å²) in [5.41, 5.74) is 0.923. The van der Waals surface area contributed by atoms with E-state index in [-0.39, 0.29) is 19.1 Å². The van der Waals surface area contributed by atoms with E-state index in [0.717, 1.165) is 18.4 Å². The quantitative estimate of drug-likeness (QED) is 0.653. The van der Waals surface area contributed by atoms with Crippen LogP contribution < -0.4 is 10.6 Å². The minimum atomic E-state index is -0.532. The second kappa shape index (κ2) is 11.6. The molecule has 0 atom stereocenters. The van der Waals surface area contributed by atoms with E-state index in [4.69, 9.17) is 4.74 Å². The van der Waals surface area contributed by atoms with Crippen LogP contribution in [-0.2, 0) is 16.1 Å². The molecule has 1 radical (unpaired) electrons. The molecule has 0 aromatic heterocycles. The van der Waals surface area contributed by atoms with Crippen molar-refractivity contribution in [3.8, 4) is 0 Å². The van der Waals surface area contributed by atoms with Crippen molar-refractivity contribution in [1.29, 1.82) is 0 Å². The maximum atomic E-state index is 11.5. The van der Waals surface area contributed by atoms with E-state index >= 15 is 0 Å². The number of hydrogen-bond donors (Lipinski definition) is 2. The molecule has 1 rings (SSSR count). The summed E-state index contributed by atoms with van der Waals surface area (Å²) in [7, 11) is 0. The first-order valence-electron chi connectivity index (χ1n) is 7.78. The number of nitrogens with one attached hydrogen (secondary N) is 2. The van der Waals surface area contributed by atoms with Crippen molar-refractivity contribution < 1.29 is 14.3 Å². The average Bonchev–Trinajstić information content (AvgIpc) is 2.54. The number of unbranched alkanes of at least 4 members (excludes halogenated alkanes) is 3. The van der Waals surface area contributed by atoms with E-state index in [1.165, 1.54) is 19.3 Å². The maximum Gasteiger partial charge on any atom is 0.407 e. The first-order chi connectivity index (χ1) is 10.7. The van der Waals surface area contributed by atoms with Crippen LogP contribution in [0.25, 0.3) is 0 Å². The number of carbonyl (C=O) groups excluding carboxylic acids is 2. The Balaban J connectivity index is 2.01. The summed E-state index contributed by atoms with van der Waals surface area (Å²) < 4.78 is 5.03. The highest BCUT2D eigenvalue weighted by Crippen LogP contribution is 2.00. The molecular formula is C17H25N2O3. The van der Waals surface area contributed by atoms with Crippen LogP contribution in [0.5, 0.6) is 0 Å². The molecule has 5 heteroatoms. The third-order valence-electron chi connectivity index (χ3n) is 3.08. The van der Waals surface area contributed by atoms with Crippen LogP contribution in [0.4, 0.5) is 4.79 Å². The van der Waals surface area contributed by atoms with Crippen molar-refractivity contribution in [3.05, 3.63) is 42.3 Å². The molecule has 5 nitrogen and oxygen atoms in total. The van der Waals surface area contributed by atoms with Crippen LogP contribution in [0.1, 0.15) is 38.2 Å². The van der Waals surface area contributed by atoms with Gasteiger partial charge in [0.05, 0.1) is 6.42 Å². The van der Waals surface area contributed by atoms with Gasteiger partial charge in [-0.1, -0.05) is 56.5 Å². The minimum Gasteiger partial charge on any atom is -0.445 e. The predicted molar refractivity (Wildman–Crippen MR) is 86.1 cm³/mol. The lowest BCUT2D eigenvalue weighted by molar-refractivity contribution is -0.117. The number of rotatable bonds is 10. The third-order valence-corrected chi connectivity index (χ3v) is 3.08. The van der Waals surface area contributed by atoms with Gasteiger partial charge in [0.2, 0.25) is 5.91 Å². The second-order valence-corrected chi connectivity index (χ2v) is 5.00. The number of alkyl carbamates (subject to hydrolysis) is 1. The van der Waals surface area contributed by atoms with Gasteiger partial charge in [-0.15, -0.1) is 0 Å². The van der Waals surface area contributed by atoms with Crippen molar-refractivity contribution in [2.24, 2.45) is 0 Å². The Morgan fingerprint density at radius 1 is 1.09 bits per heavy atom. The molecule has 0 aliphatic rings. The summed E-state index contributed by atoms with van der Waals surface area (Å²) in [6, 6.07) is 9.43. The first-order valence-corrected chi connectivity index (χ1v) is 7.78. The lowest BCUT2D eigenvalue weighted by Crippen LogP contribution is -2.32. The van der Waals surface area contributed by atoms with E-state index < -0.39 is 6.09 Å². The fourth-order valence-corrected chi connectivity index (χ4v) is 1.84. The number of carbonyl (C=O) groups is 2. The zero-order valence-corrected chi connectivity index (χ0v) is 13.1. The van der Waals surface area contributed by atoms with E-state index in [0.29, 0.717) is 6.54 Å². The van der Waals surface area contributed by atoms with Crippen molar-refractivity contribution in [2.75, 3.05) is 13.1 Å². The van der Waals surface area contributed by atoms with Crippen LogP contribution in [0.15, 0.2) is 30.3 Å². The molecule has 2 N–H and O–H groups in total. The SMILES string of the molecule is CCCCCCNC(=O)[CH]CNC(=O)OCc1ccccc1. The van der Waals surface area contributed by atoms with Crippen LogP contribution in [0.2, 0.25) is 0 Å². The third kappa shape index (κ3) is 9.00. The van der Waals surface area contributed by atoms with Gasteiger partial charge in [-0.05, 0) is 12.0 Å². The Morgan fingerprint density at radius 2 is 1.86 bits per heavy atom. The molecule has 0 unspecified atom stereocenters. The summed E-state index contributed by atoms with van der Waals surface area (Å²) in [5.74, 6) is -0.167. The average molecular weight is 305 g/mol. The summed E-state index contributed by atoms with van der Waals surface area (Å²) in [6.45, 7) is 3.20. The molecular weight excluding hydrogens is 280 g/mol. The number of benzene rings is 1. The Bertz CT molecular complexity index is 435. The van der Waals surface area contributed by atoms with Crippen molar-refractivity contribution in [3.63, 3.8) is 0 Å². The Hall–Kier alpha value is -2.04. The molecule has 2 amide bonds. The Kier molecular flexibility index (Phi) is 9.50. The zero-order chi connectivity index (χ0) is 16.0. The molecule has 0 heterocycles. The summed E-state index contributed by atoms with van der Waals surface area (Å²) in [4.78, 5) is 22.9. The molecule has 0 saturated carbocycles. The normalized spacial score (nSPS) is 10.0. The molecule has 0 aliphatic heterocycles. The van der Waals surface area contributed by atoms with Crippen molar-refractivity contribution in [2.45, 2.75) is 39.2 Å². The Morgan fingerprint density at radius 3 is 2.59 bits per heavy atom. The van der Waals surface area contributed by atoms with Crippen molar-refractivity contribution >= 4 is 12.0 Å². The van der Waals surface area contributed by atoms with Gasteiger partial charge in [0.15, 0.2) is 0 Å². The molecule has 0 fully saturated rings. The van der Waals surface area contributed by atoms with Gasteiger partial charge in [-0.3, -0.25) is 4.79 Å². The largest absolute Gasteiger partial charge is 0.445 e. The fourth-order valence-electron chi connectivity index (χ4n) is 1.84. The molecule has 1 aromatic carbocycles. The molecule has 0 bridgehead atoms. The summed E-state index contributed by atoms with van der Waals surface area (Å²) >= 11 is 0. The van der Waals surface area contributed by atoms with Crippen LogP contribution in [-0.4, -0.2) is 25.1 Å². The topological polar surface area (TPSA) is 67.4 Å². The Labute approximate surface area is 132 Å². The molecule has 0 saturated heterocycles. The molecule has 0 spiro atoms. The summed E-state index contributed by atoms with van der Waals surface area (Å²) in [6.07, 6.45) is 5.35. The van der Waals surface area contributed by atoms with Crippen molar-refractivity contribution in [1.82, 2.24) is 10.6 Å². The van der Waals surface area contributed by atoms with Gasteiger partial charge in [0.1, 0.15) is 6.61 Å². The highest BCUT2D eigenvalue weighted by molar-refractivity contribution is 5.85. The number of hydrogen-bond acceptors (Lipinski definition) is 3. The standard InChI is InChI=1S/C17H25N2O3/c1-2-3-4-8-12-18-16(20)11-13-19-17(21)22-14-15-9-6-5-7-10-15/h5-7,9-11H,2-4,8,12-14H2,1H3,(H,18,20)(H,19,21). The fraction of sp³-hybridized carbons (Fsp3) is 0.471. The van der Waals surface area contributed by atoms with Crippen LogP contribution in [0, 0.1) is 6.42 Å². The summed E-state index contributed by atoms with van der Waals surface area (Å²) in [5, 5.41) is 5.30. The van der Waals surface area contributed by atoms with Crippen LogP contribution >= 0.6 is 0 Å². The molecule has 1 aromatic rings. The van der Waals surface area contributed by atoms with E-state index in [1.807, 2.05) is 30.3 Å². The first kappa shape index (κ1) is 18.0. The molecule has 0 aliphatic carbocycles. The van der Waals surface area contributed by atoms with Gasteiger partial charge in [-0.25, -0.2) is 4.79 Å². The highest BCUT2D eigenvalue weighted by Gasteiger charge is 2.05. The van der Waals surface area contributed by atoms with Gasteiger partial charge >= 0.3 is 6.09 Å². The van der Waals surface area contributed by atoms with Gasteiger partial charge < -0.3 is 15.4 Å².